The highest BCUT2D eigenvalue weighted by molar-refractivity contribution is 7.13. The molecule has 172 valence electrons. The van der Waals surface area contributed by atoms with E-state index in [0.717, 1.165) is 17.2 Å². The number of aromatic nitrogens is 5. The van der Waals surface area contributed by atoms with Crippen molar-refractivity contribution in [3.8, 4) is 10.6 Å². The number of benzene rings is 1. The smallest absolute Gasteiger partial charge is 0.304 e. The molecule has 0 aliphatic carbocycles. The Bertz CT molecular complexity index is 1490. The summed E-state index contributed by atoms with van der Waals surface area (Å²) in [5, 5.41) is 12.5. The third-order valence-electron chi connectivity index (χ3n) is 5.03. The molecule has 0 radical (unpaired) electrons. The molecule has 1 amide bonds. The summed E-state index contributed by atoms with van der Waals surface area (Å²) in [4.78, 5) is 17.6. The molecule has 34 heavy (non-hydrogen) atoms. The summed E-state index contributed by atoms with van der Waals surface area (Å²) in [6.45, 7) is 2.51. The highest BCUT2D eigenvalue weighted by atomic mass is 32.1. The van der Waals surface area contributed by atoms with Crippen LogP contribution in [-0.4, -0.2) is 30.3 Å². The van der Waals surface area contributed by atoms with Crippen LogP contribution in [0.1, 0.15) is 27.3 Å². The normalized spacial score (nSPS) is 11.8. The number of carbonyl (C=O) groups is 1. The fraction of sp³-hybridized carbons (Fsp3) is 0.130. The Hall–Kier alpha value is -3.99. The van der Waals surface area contributed by atoms with Gasteiger partial charge in [-0.3, -0.25) is 9.48 Å². The summed E-state index contributed by atoms with van der Waals surface area (Å²) in [7, 11) is 0. The summed E-state index contributed by atoms with van der Waals surface area (Å²) in [5.74, 6) is -0.421. The molecule has 0 aliphatic heterocycles. The van der Waals surface area contributed by atoms with E-state index in [9.17, 15) is 18.0 Å². The summed E-state index contributed by atoms with van der Waals surface area (Å²) >= 11 is 1.27. The lowest BCUT2D eigenvalue weighted by Gasteiger charge is -2.10. The van der Waals surface area contributed by atoms with Gasteiger partial charge in [0.25, 0.3) is 5.91 Å². The molecule has 0 bridgehead atoms. The molecule has 11 heteroatoms. The molecule has 0 atom stereocenters. The van der Waals surface area contributed by atoms with Gasteiger partial charge < -0.3 is 5.32 Å². The molecule has 0 saturated heterocycles. The first kappa shape index (κ1) is 21.8. The molecule has 4 aromatic heterocycles. The molecule has 1 N–H and O–H groups in total. The number of amides is 1. The lowest BCUT2D eigenvalue weighted by Crippen LogP contribution is -2.16. The van der Waals surface area contributed by atoms with Gasteiger partial charge >= 0.3 is 6.18 Å². The van der Waals surface area contributed by atoms with Crippen molar-refractivity contribution >= 4 is 28.7 Å². The van der Waals surface area contributed by atoms with E-state index >= 15 is 0 Å². The predicted octanol–water partition coefficient (Wildman–Crippen LogP) is 5.28. The Balaban J connectivity index is 1.41. The fourth-order valence-electron chi connectivity index (χ4n) is 3.53. The van der Waals surface area contributed by atoms with E-state index in [1.807, 2.05) is 31.2 Å². The lowest BCUT2D eigenvalue weighted by molar-refractivity contribution is -0.142. The SMILES string of the molecule is Cc1cccc(Cn2ccc(NC(=O)c3cc4nc(-c5cccs5)cc(C(F)(F)F)n4n3)n2)c1. The minimum Gasteiger partial charge on any atom is -0.304 e. The molecular weight excluding hydrogens is 465 g/mol. The zero-order valence-corrected chi connectivity index (χ0v) is 18.6. The van der Waals surface area contributed by atoms with Gasteiger partial charge in [0.1, 0.15) is 0 Å². The van der Waals surface area contributed by atoms with Crippen molar-refractivity contribution in [2.24, 2.45) is 0 Å². The summed E-state index contributed by atoms with van der Waals surface area (Å²) in [6, 6.07) is 15.1. The van der Waals surface area contributed by atoms with E-state index in [0.29, 0.717) is 15.9 Å². The zero-order valence-electron chi connectivity index (χ0n) is 17.7. The number of thiophene rings is 1. The van der Waals surface area contributed by atoms with E-state index in [1.54, 1.807) is 34.5 Å². The number of anilines is 1. The van der Waals surface area contributed by atoms with Gasteiger partial charge in [-0.25, -0.2) is 9.50 Å². The molecule has 5 rings (SSSR count). The number of rotatable bonds is 5. The van der Waals surface area contributed by atoms with E-state index in [-0.39, 0.29) is 22.9 Å². The molecule has 7 nitrogen and oxygen atoms in total. The van der Waals surface area contributed by atoms with Crippen LogP contribution in [0.25, 0.3) is 16.2 Å². The Morgan fingerprint density at radius 2 is 1.94 bits per heavy atom. The third kappa shape index (κ3) is 4.42. The van der Waals surface area contributed by atoms with Crippen LogP contribution in [0.15, 0.2) is 66.2 Å². The standard InChI is InChI=1S/C23H17F3N6OS/c1-14-4-2-5-15(10-14)13-31-8-7-20(30-31)28-22(33)17-12-21-27-16(18-6-3-9-34-18)11-19(23(24,25)26)32(21)29-17/h2-12H,13H2,1H3,(H,28,30,33). The van der Waals surface area contributed by atoms with Gasteiger partial charge in [0, 0.05) is 18.3 Å². The van der Waals surface area contributed by atoms with Gasteiger partial charge in [0.2, 0.25) is 0 Å². The minimum atomic E-state index is -4.68. The fourth-order valence-corrected chi connectivity index (χ4v) is 4.22. The van der Waals surface area contributed by atoms with Crippen LogP contribution in [0.2, 0.25) is 0 Å². The summed E-state index contributed by atoms with van der Waals surface area (Å²) in [6.07, 6.45) is -2.97. The number of fused-ring (bicyclic) bond motifs is 1. The summed E-state index contributed by atoms with van der Waals surface area (Å²) in [5.41, 5.74) is 1.05. The number of halogens is 3. The molecule has 0 saturated carbocycles. The molecule has 0 aliphatic rings. The van der Waals surface area contributed by atoms with Crippen molar-refractivity contribution in [3.63, 3.8) is 0 Å². The minimum absolute atomic E-state index is 0.0756. The Labute approximate surface area is 195 Å². The summed E-state index contributed by atoms with van der Waals surface area (Å²) < 4.78 is 43.4. The molecule has 5 aromatic rings. The molecular formula is C23H17F3N6OS. The first-order chi connectivity index (χ1) is 16.3. The van der Waals surface area contributed by atoms with Gasteiger partial charge in [-0.1, -0.05) is 35.9 Å². The number of carbonyl (C=O) groups excluding carboxylic acids is 1. The second-order valence-electron chi connectivity index (χ2n) is 7.64. The van der Waals surface area contributed by atoms with Crippen molar-refractivity contribution in [2.45, 2.75) is 19.6 Å². The second kappa shape index (κ2) is 8.41. The van der Waals surface area contributed by atoms with Crippen LogP contribution in [0.3, 0.4) is 0 Å². The number of hydrogen-bond donors (Lipinski definition) is 1. The largest absolute Gasteiger partial charge is 0.433 e. The number of aryl methyl sites for hydroxylation is 1. The van der Waals surface area contributed by atoms with Crippen LogP contribution in [0, 0.1) is 6.92 Å². The predicted molar refractivity (Wildman–Crippen MR) is 122 cm³/mol. The number of nitrogens with zero attached hydrogens (tertiary/aromatic N) is 5. The van der Waals surface area contributed by atoms with E-state index < -0.39 is 17.8 Å². The van der Waals surface area contributed by atoms with Gasteiger partial charge in [0.05, 0.1) is 17.1 Å². The maximum atomic E-state index is 13.7. The molecule has 0 spiro atoms. The van der Waals surface area contributed by atoms with Crippen LogP contribution in [0.4, 0.5) is 19.0 Å². The monoisotopic (exact) mass is 482 g/mol. The Kier molecular flexibility index (Phi) is 5.40. The first-order valence-corrected chi connectivity index (χ1v) is 11.1. The quantitative estimate of drug-likeness (QED) is 0.370. The maximum Gasteiger partial charge on any atom is 0.433 e. The second-order valence-corrected chi connectivity index (χ2v) is 8.59. The third-order valence-corrected chi connectivity index (χ3v) is 5.93. The topological polar surface area (TPSA) is 77.1 Å². The average Bonchev–Trinajstić information content (AvgIpc) is 3.53. The number of nitrogens with one attached hydrogen (secondary N) is 1. The molecule has 1 aromatic carbocycles. The van der Waals surface area contributed by atoms with Gasteiger partial charge in [-0.05, 0) is 30.0 Å². The van der Waals surface area contributed by atoms with Crippen LogP contribution >= 0.6 is 11.3 Å². The van der Waals surface area contributed by atoms with Crippen LogP contribution in [0.5, 0.6) is 0 Å². The Morgan fingerprint density at radius 3 is 2.68 bits per heavy atom. The highest BCUT2D eigenvalue weighted by Crippen LogP contribution is 2.33. The van der Waals surface area contributed by atoms with Crippen molar-refractivity contribution in [1.82, 2.24) is 24.4 Å². The average molecular weight is 482 g/mol. The molecule has 4 heterocycles. The highest BCUT2D eigenvalue weighted by Gasteiger charge is 2.35. The van der Waals surface area contributed by atoms with Crippen molar-refractivity contribution in [2.75, 3.05) is 5.32 Å². The Morgan fingerprint density at radius 1 is 1.09 bits per heavy atom. The van der Waals surface area contributed by atoms with Gasteiger partial charge in [-0.2, -0.15) is 23.4 Å². The van der Waals surface area contributed by atoms with Crippen LogP contribution < -0.4 is 5.32 Å². The molecule has 0 fully saturated rings. The van der Waals surface area contributed by atoms with Crippen LogP contribution in [-0.2, 0) is 12.7 Å². The van der Waals surface area contributed by atoms with E-state index in [2.05, 4.69) is 20.5 Å². The van der Waals surface area contributed by atoms with E-state index in [4.69, 9.17) is 0 Å². The van der Waals surface area contributed by atoms with Crippen molar-refractivity contribution in [1.29, 1.82) is 0 Å². The lowest BCUT2D eigenvalue weighted by atomic mass is 10.1. The van der Waals surface area contributed by atoms with E-state index in [1.165, 1.54) is 17.4 Å². The van der Waals surface area contributed by atoms with Crippen molar-refractivity contribution in [3.05, 3.63) is 88.7 Å². The number of alkyl halides is 3. The first-order valence-electron chi connectivity index (χ1n) is 10.2. The zero-order chi connectivity index (χ0) is 23.9. The van der Waals surface area contributed by atoms with Gasteiger partial charge in [-0.15, -0.1) is 11.3 Å². The molecule has 0 unspecified atom stereocenters. The number of hydrogen-bond acceptors (Lipinski definition) is 5. The van der Waals surface area contributed by atoms with Crippen molar-refractivity contribution < 1.29 is 18.0 Å². The maximum absolute atomic E-state index is 13.7. The van der Waals surface area contributed by atoms with Gasteiger partial charge in [0.15, 0.2) is 22.9 Å².